The standard InChI is InChI=1S/C8H16N2O2/c1-2-6(3-4-9)5-7(10)8(11)12/h2,6-7H,1,3-5,9-10H2,(H,11,12)/t6?,7-/m0/s1. The molecule has 70 valence electrons. The van der Waals surface area contributed by atoms with Crippen molar-refractivity contribution < 1.29 is 9.90 Å². The molecule has 5 N–H and O–H groups in total. The monoisotopic (exact) mass is 172 g/mol. The van der Waals surface area contributed by atoms with E-state index in [2.05, 4.69) is 6.58 Å². The predicted molar refractivity (Wildman–Crippen MR) is 47.6 cm³/mol. The molecule has 0 aromatic heterocycles. The Labute approximate surface area is 72.2 Å². The van der Waals surface area contributed by atoms with Crippen molar-refractivity contribution in [2.24, 2.45) is 17.4 Å². The smallest absolute Gasteiger partial charge is 0.320 e. The quantitative estimate of drug-likeness (QED) is 0.490. The highest BCUT2D eigenvalue weighted by Gasteiger charge is 2.15. The molecule has 12 heavy (non-hydrogen) atoms. The second-order valence-corrected chi connectivity index (χ2v) is 2.75. The SMILES string of the molecule is C=CC(CCN)C[C@H](N)C(=O)O. The van der Waals surface area contributed by atoms with Gasteiger partial charge in [-0.1, -0.05) is 6.08 Å². The Morgan fingerprint density at radius 1 is 1.67 bits per heavy atom. The lowest BCUT2D eigenvalue weighted by molar-refractivity contribution is -0.138. The maximum absolute atomic E-state index is 10.4. The molecule has 0 aliphatic carbocycles. The summed E-state index contributed by atoms with van der Waals surface area (Å²) < 4.78 is 0. The van der Waals surface area contributed by atoms with E-state index in [0.717, 1.165) is 6.42 Å². The Balaban J connectivity index is 3.84. The topological polar surface area (TPSA) is 89.3 Å². The zero-order valence-corrected chi connectivity index (χ0v) is 7.07. The van der Waals surface area contributed by atoms with Crippen molar-refractivity contribution in [1.82, 2.24) is 0 Å². The maximum atomic E-state index is 10.4. The van der Waals surface area contributed by atoms with Gasteiger partial charge < -0.3 is 16.6 Å². The third kappa shape index (κ3) is 4.10. The Hall–Kier alpha value is -0.870. The summed E-state index contributed by atoms with van der Waals surface area (Å²) in [6.07, 6.45) is 2.86. The summed E-state index contributed by atoms with van der Waals surface area (Å²) in [7, 11) is 0. The molecule has 0 rings (SSSR count). The first kappa shape index (κ1) is 11.1. The van der Waals surface area contributed by atoms with E-state index >= 15 is 0 Å². The number of carboxylic acid groups (broad SMARTS) is 1. The van der Waals surface area contributed by atoms with Crippen molar-refractivity contribution in [2.75, 3.05) is 6.54 Å². The molecule has 0 fully saturated rings. The Morgan fingerprint density at radius 2 is 2.25 bits per heavy atom. The Morgan fingerprint density at radius 3 is 2.58 bits per heavy atom. The average molecular weight is 172 g/mol. The van der Waals surface area contributed by atoms with Crippen LogP contribution in [-0.4, -0.2) is 23.7 Å². The van der Waals surface area contributed by atoms with Crippen LogP contribution >= 0.6 is 0 Å². The number of carbonyl (C=O) groups is 1. The highest BCUT2D eigenvalue weighted by atomic mass is 16.4. The summed E-state index contributed by atoms with van der Waals surface area (Å²) >= 11 is 0. The van der Waals surface area contributed by atoms with Gasteiger partial charge in [0.15, 0.2) is 0 Å². The van der Waals surface area contributed by atoms with E-state index in [1.165, 1.54) is 0 Å². The van der Waals surface area contributed by atoms with Gasteiger partial charge in [-0.05, 0) is 25.3 Å². The predicted octanol–water partition coefficient (Wildman–Crippen LogP) is -0.0606. The molecule has 0 radical (unpaired) electrons. The molecule has 1 unspecified atom stereocenters. The van der Waals surface area contributed by atoms with Crippen molar-refractivity contribution in [1.29, 1.82) is 0 Å². The fourth-order valence-electron chi connectivity index (χ4n) is 0.973. The maximum Gasteiger partial charge on any atom is 0.320 e. The third-order valence-corrected chi connectivity index (χ3v) is 1.74. The second kappa shape index (κ2) is 5.74. The molecule has 0 saturated carbocycles. The number of hydrogen-bond donors (Lipinski definition) is 3. The highest BCUT2D eigenvalue weighted by molar-refractivity contribution is 5.73. The van der Waals surface area contributed by atoms with E-state index in [4.69, 9.17) is 16.6 Å². The van der Waals surface area contributed by atoms with Crippen molar-refractivity contribution >= 4 is 5.97 Å². The van der Waals surface area contributed by atoms with Gasteiger partial charge in [-0.15, -0.1) is 6.58 Å². The number of rotatable bonds is 6. The lowest BCUT2D eigenvalue weighted by Gasteiger charge is -2.13. The fraction of sp³-hybridized carbons (Fsp3) is 0.625. The normalized spacial score (nSPS) is 15.2. The molecule has 0 amide bonds. The van der Waals surface area contributed by atoms with Crippen LogP contribution in [0.5, 0.6) is 0 Å². The molecule has 0 aromatic carbocycles. The lowest BCUT2D eigenvalue weighted by Crippen LogP contribution is -2.32. The van der Waals surface area contributed by atoms with E-state index in [0.29, 0.717) is 13.0 Å². The molecule has 0 bridgehead atoms. The van der Waals surface area contributed by atoms with Crippen LogP contribution in [0, 0.1) is 5.92 Å². The minimum absolute atomic E-state index is 0.112. The lowest BCUT2D eigenvalue weighted by atomic mass is 9.97. The molecule has 0 aliphatic rings. The molecular weight excluding hydrogens is 156 g/mol. The number of aliphatic carboxylic acids is 1. The van der Waals surface area contributed by atoms with Crippen LogP contribution in [0.3, 0.4) is 0 Å². The molecule has 0 spiro atoms. The van der Waals surface area contributed by atoms with Gasteiger partial charge in [-0.3, -0.25) is 4.79 Å². The van der Waals surface area contributed by atoms with Gasteiger partial charge in [-0.25, -0.2) is 0 Å². The van der Waals surface area contributed by atoms with Crippen molar-refractivity contribution in [3.8, 4) is 0 Å². The Kier molecular flexibility index (Phi) is 5.32. The van der Waals surface area contributed by atoms with Gasteiger partial charge in [0.25, 0.3) is 0 Å². The minimum atomic E-state index is -0.973. The fourth-order valence-corrected chi connectivity index (χ4v) is 0.973. The van der Waals surface area contributed by atoms with Crippen LogP contribution in [-0.2, 0) is 4.79 Å². The molecule has 2 atom stereocenters. The minimum Gasteiger partial charge on any atom is -0.480 e. The third-order valence-electron chi connectivity index (χ3n) is 1.74. The second-order valence-electron chi connectivity index (χ2n) is 2.75. The first-order valence-corrected chi connectivity index (χ1v) is 3.92. The summed E-state index contributed by atoms with van der Waals surface area (Å²) in [5.41, 5.74) is 10.7. The van der Waals surface area contributed by atoms with Crippen molar-refractivity contribution in [3.05, 3.63) is 12.7 Å². The largest absolute Gasteiger partial charge is 0.480 e. The molecule has 0 saturated heterocycles. The van der Waals surface area contributed by atoms with Crippen molar-refractivity contribution in [2.45, 2.75) is 18.9 Å². The van der Waals surface area contributed by atoms with Crippen LogP contribution in [0.15, 0.2) is 12.7 Å². The molecule has 4 heteroatoms. The van der Waals surface area contributed by atoms with Gasteiger partial charge in [0.05, 0.1) is 0 Å². The van der Waals surface area contributed by atoms with Crippen LogP contribution in [0.4, 0.5) is 0 Å². The molecular formula is C8H16N2O2. The number of hydrogen-bond acceptors (Lipinski definition) is 3. The zero-order chi connectivity index (χ0) is 9.56. The van der Waals surface area contributed by atoms with Gasteiger partial charge in [0.1, 0.15) is 6.04 Å². The van der Waals surface area contributed by atoms with E-state index in [1.54, 1.807) is 6.08 Å². The van der Waals surface area contributed by atoms with Crippen LogP contribution in [0.1, 0.15) is 12.8 Å². The number of allylic oxidation sites excluding steroid dienone is 1. The molecule has 0 aliphatic heterocycles. The van der Waals surface area contributed by atoms with Crippen LogP contribution < -0.4 is 11.5 Å². The number of carboxylic acids is 1. The summed E-state index contributed by atoms with van der Waals surface area (Å²) in [6.45, 7) is 4.12. The van der Waals surface area contributed by atoms with E-state index < -0.39 is 12.0 Å². The van der Waals surface area contributed by atoms with Gasteiger partial charge in [-0.2, -0.15) is 0 Å². The Bertz CT molecular complexity index is 159. The highest BCUT2D eigenvalue weighted by Crippen LogP contribution is 2.10. The van der Waals surface area contributed by atoms with Gasteiger partial charge in [0, 0.05) is 0 Å². The summed E-state index contributed by atoms with van der Waals surface area (Å²) in [5, 5.41) is 8.50. The molecule has 0 aromatic rings. The first-order valence-electron chi connectivity index (χ1n) is 3.92. The summed E-state index contributed by atoms with van der Waals surface area (Å²) in [4.78, 5) is 10.4. The van der Waals surface area contributed by atoms with Crippen LogP contribution in [0.2, 0.25) is 0 Å². The zero-order valence-electron chi connectivity index (χ0n) is 7.07. The van der Waals surface area contributed by atoms with E-state index in [9.17, 15) is 4.79 Å². The van der Waals surface area contributed by atoms with Crippen LogP contribution in [0.25, 0.3) is 0 Å². The average Bonchev–Trinajstić information content (AvgIpc) is 2.03. The van der Waals surface area contributed by atoms with Gasteiger partial charge >= 0.3 is 5.97 Å². The molecule has 4 nitrogen and oxygen atoms in total. The number of nitrogens with two attached hydrogens (primary N) is 2. The summed E-state index contributed by atoms with van der Waals surface area (Å²) in [5.74, 6) is -0.861. The van der Waals surface area contributed by atoms with E-state index in [1.807, 2.05) is 0 Å². The first-order chi connectivity index (χ1) is 5.61. The molecule has 0 heterocycles. The van der Waals surface area contributed by atoms with Crippen molar-refractivity contribution in [3.63, 3.8) is 0 Å². The van der Waals surface area contributed by atoms with E-state index in [-0.39, 0.29) is 5.92 Å². The summed E-state index contributed by atoms with van der Waals surface area (Å²) in [6, 6.07) is -0.806. The van der Waals surface area contributed by atoms with Gasteiger partial charge in [0.2, 0.25) is 0 Å².